The van der Waals surface area contributed by atoms with E-state index in [4.69, 9.17) is 14.2 Å². The van der Waals surface area contributed by atoms with Crippen LogP contribution >= 0.6 is 0 Å². The van der Waals surface area contributed by atoms with Crippen molar-refractivity contribution in [2.24, 2.45) is 0 Å². The van der Waals surface area contributed by atoms with Crippen LogP contribution in [0.15, 0.2) is 48.8 Å². The van der Waals surface area contributed by atoms with Gasteiger partial charge in [0, 0.05) is 5.56 Å². The molecule has 0 saturated carbocycles. The topological polar surface area (TPSA) is 105 Å². The number of carbonyl (C=O) groups excluding carboxylic acids is 2. The molecule has 0 spiro atoms. The molecular formula is C17H12N4O5. The minimum atomic E-state index is -0.595. The van der Waals surface area contributed by atoms with Gasteiger partial charge in [-0.3, -0.25) is 4.79 Å². The predicted molar refractivity (Wildman–Crippen MR) is 86.3 cm³/mol. The van der Waals surface area contributed by atoms with Crippen molar-refractivity contribution < 1.29 is 23.8 Å². The van der Waals surface area contributed by atoms with Gasteiger partial charge in [0.2, 0.25) is 6.79 Å². The van der Waals surface area contributed by atoms with E-state index in [-0.39, 0.29) is 19.2 Å². The summed E-state index contributed by atoms with van der Waals surface area (Å²) in [6.07, 6.45) is 1.44. The fourth-order valence-corrected chi connectivity index (χ4v) is 2.40. The summed E-state index contributed by atoms with van der Waals surface area (Å²) >= 11 is 0. The summed E-state index contributed by atoms with van der Waals surface area (Å²) in [6, 6.07) is 11.3. The third-order valence-corrected chi connectivity index (χ3v) is 3.75. The van der Waals surface area contributed by atoms with E-state index in [2.05, 4.69) is 15.5 Å². The third kappa shape index (κ3) is 3.09. The Morgan fingerprint density at radius 2 is 1.81 bits per heavy atom. The zero-order valence-electron chi connectivity index (χ0n) is 13.4. The maximum absolute atomic E-state index is 12.2. The van der Waals surface area contributed by atoms with Gasteiger partial charge < -0.3 is 14.2 Å². The van der Waals surface area contributed by atoms with Gasteiger partial charge in [-0.15, -0.1) is 5.10 Å². The van der Waals surface area contributed by atoms with Crippen LogP contribution in [0.3, 0.4) is 0 Å². The van der Waals surface area contributed by atoms with Crippen LogP contribution in [0.5, 0.6) is 11.5 Å². The average molecular weight is 352 g/mol. The van der Waals surface area contributed by atoms with E-state index in [1.807, 2.05) is 0 Å². The maximum atomic E-state index is 12.2. The highest BCUT2D eigenvalue weighted by molar-refractivity contribution is 5.99. The summed E-state index contributed by atoms with van der Waals surface area (Å²) in [5.41, 5.74) is 1.40. The second kappa shape index (κ2) is 6.63. The lowest BCUT2D eigenvalue weighted by Gasteiger charge is -2.06. The summed E-state index contributed by atoms with van der Waals surface area (Å²) in [7, 11) is 0. The van der Waals surface area contributed by atoms with Gasteiger partial charge in [0.15, 0.2) is 23.9 Å². The number of ketones is 1. The smallest absolute Gasteiger partial charge is 0.338 e. The number of carbonyl (C=O) groups is 2. The van der Waals surface area contributed by atoms with Crippen LogP contribution in [0, 0.1) is 0 Å². The number of nitrogens with zero attached hydrogens (tertiary/aromatic N) is 4. The highest BCUT2D eigenvalue weighted by Gasteiger charge is 2.17. The van der Waals surface area contributed by atoms with Gasteiger partial charge in [-0.1, -0.05) is 0 Å². The number of fused-ring (bicyclic) bond motifs is 1. The number of benzene rings is 2. The van der Waals surface area contributed by atoms with Gasteiger partial charge in [-0.2, -0.15) is 0 Å². The predicted octanol–water partition coefficient (Wildman–Crippen LogP) is 1.43. The second-order valence-electron chi connectivity index (χ2n) is 5.37. The number of tetrazole rings is 1. The molecule has 0 unspecified atom stereocenters. The quantitative estimate of drug-likeness (QED) is 0.501. The molecule has 2 aromatic carbocycles. The number of aromatic nitrogens is 4. The van der Waals surface area contributed by atoms with E-state index in [1.54, 1.807) is 42.5 Å². The first-order chi connectivity index (χ1) is 12.7. The molecule has 1 aliphatic heterocycles. The van der Waals surface area contributed by atoms with E-state index in [9.17, 15) is 9.59 Å². The molecule has 0 aliphatic carbocycles. The Balaban J connectivity index is 1.38. The molecule has 0 bridgehead atoms. The fourth-order valence-electron chi connectivity index (χ4n) is 2.40. The lowest BCUT2D eigenvalue weighted by atomic mass is 10.1. The molecule has 1 aromatic heterocycles. The number of ether oxygens (including phenoxy) is 3. The first-order valence-electron chi connectivity index (χ1n) is 7.64. The van der Waals surface area contributed by atoms with E-state index >= 15 is 0 Å². The van der Waals surface area contributed by atoms with Gasteiger partial charge in [0.25, 0.3) is 0 Å². The molecule has 4 rings (SSSR count). The van der Waals surface area contributed by atoms with E-state index < -0.39 is 5.97 Å². The zero-order valence-corrected chi connectivity index (χ0v) is 13.4. The van der Waals surface area contributed by atoms with Crippen LogP contribution < -0.4 is 9.47 Å². The Hall–Kier alpha value is -3.75. The molecule has 0 N–H and O–H groups in total. The van der Waals surface area contributed by atoms with Crippen LogP contribution in [0.1, 0.15) is 20.7 Å². The van der Waals surface area contributed by atoms with Crippen LogP contribution in [0.25, 0.3) is 5.69 Å². The fraction of sp³-hybridized carbons (Fsp3) is 0.118. The van der Waals surface area contributed by atoms with Gasteiger partial charge in [0.1, 0.15) is 6.33 Å². The molecular weight excluding hydrogens is 340 g/mol. The number of hydrogen-bond donors (Lipinski definition) is 0. The van der Waals surface area contributed by atoms with Crippen molar-refractivity contribution >= 4 is 11.8 Å². The number of rotatable bonds is 5. The monoisotopic (exact) mass is 352 g/mol. The van der Waals surface area contributed by atoms with Crippen LogP contribution in [-0.2, 0) is 4.74 Å². The lowest BCUT2D eigenvalue weighted by Crippen LogP contribution is -2.14. The Kier molecular flexibility index (Phi) is 4.02. The minimum absolute atomic E-state index is 0.128. The highest BCUT2D eigenvalue weighted by atomic mass is 16.7. The molecule has 0 radical (unpaired) electrons. The standard InChI is InChI=1S/C17H12N4O5/c22-14(12-3-6-15-16(7-12)26-10-25-15)8-24-17(23)11-1-4-13(5-2-11)21-9-18-19-20-21/h1-7,9H,8,10H2. The van der Waals surface area contributed by atoms with Crippen molar-refractivity contribution in [2.45, 2.75) is 0 Å². The molecule has 0 fully saturated rings. The molecule has 9 nitrogen and oxygen atoms in total. The molecule has 0 amide bonds. The van der Waals surface area contributed by atoms with E-state index in [0.717, 1.165) is 0 Å². The van der Waals surface area contributed by atoms with Crippen LogP contribution in [-0.4, -0.2) is 45.4 Å². The zero-order chi connectivity index (χ0) is 17.9. The summed E-state index contributed by atoms with van der Waals surface area (Å²) in [5, 5.41) is 10.8. The molecule has 2 heterocycles. The Morgan fingerprint density at radius 1 is 1.04 bits per heavy atom. The summed E-state index contributed by atoms with van der Waals surface area (Å²) in [4.78, 5) is 24.3. The minimum Gasteiger partial charge on any atom is -0.454 e. The molecule has 9 heteroatoms. The van der Waals surface area contributed by atoms with E-state index in [0.29, 0.717) is 28.3 Å². The molecule has 0 atom stereocenters. The molecule has 1 aliphatic rings. The van der Waals surface area contributed by atoms with Gasteiger partial charge in [-0.25, -0.2) is 9.48 Å². The second-order valence-corrected chi connectivity index (χ2v) is 5.37. The SMILES string of the molecule is O=C(COC(=O)c1ccc(-n2cnnn2)cc1)c1ccc2c(c1)OCO2. The van der Waals surface area contributed by atoms with Crippen LogP contribution in [0.2, 0.25) is 0 Å². The van der Waals surface area contributed by atoms with Crippen molar-refractivity contribution in [3.63, 3.8) is 0 Å². The van der Waals surface area contributed by atoms with Crippen molar-refractivity contribution in [1.82, 2.24) is 20.2 Å². The van der Waals surface area contributed by atoms with Gasteiger partial charge >= 0.3 is 5.97 Å². The van der Waals surface area contributed by atoms with Crippen molar-refractivity contribution in [3.05, 3.63) is 59.9 Å². The van der Waals surface area contributed by atoms with Crippen LogP contribution in [0.4, 0.5) is 0 Å². The first-order valence-corrected chi connectivity index (χ1v) is 7.64. The van der Waals surface area contributed by atoms with Crippen molar-refractivity contribution in [2.75, 3.05) is 13.4 Å². The normalized spacial score (nSPS) is 12.0. The average Bonchev–Trinajstić information content (AvgIpc) is 3.37. The van der Waals surface area contributed by atoms with Gasteiger partial charge in [-0.05, 0) is 52.9 Å². The van der Waals surface area contributed by atoms with Gasteiger partial charge in [0.05, 0.1) is 11.3 Å². The Labute approximate surface area is 147 Å². The molecule has 130 valence electrons. The maximum Gasteiger partial charge on any atom is 0.338 e. The number of Topliss-reactive ketones (excluding diaryl/α,β-unsaturated/α-hetero) is 1. The highest BCUT2D eigenvalue weighted by Crippen LogP contribution is 2.32. The van der Waals surface area contributed by atoms with E-state index in [1.165, 1.54) is 11.0 Å². The summed E-state index contributed by atoms with van der Waals surface area (Å²) in [5.74, 6) is 0.158. The lowest BCUT2D eigenvalue weighted by molar-refractivity contribution is 0.0474. The largest absolute Gasteiger partial charge is 0.454 e. The summed E-state index contributed by atoms with van der Waals surface area (Å²) < 4.78 is 17.0. The molecule has 26 heavy (non-hydrogen) atoms. The number of esters is 1. The summed E-state index contributed by atoms with van der Waals surface area (Å²) in [6.45, 7) is -0.240. The number of hydrogen-bond acceptors (Lipinski definition) is 8. The Bertz CT molecular complexity index is 954. The van der Waals surface area contributed by atoms with Crippen molar-refractivity contribution in [1.29, 1.82) is 0 Å². The van der Waals surface area contributed by atoms with Crippen molar-refractivity contribution in [3.8, 4) is 17.2 Å². The molecule has 3 aromatic rings. The molecule has 0 saturated heterocycles. The third-order valence-electron chi connectivity index (χ3n) is 3.75. The Morgan fingerprint density at radius 3 is 2.58 bits per heavy atom. The first kappa shape index (κ1) is 15.8.